The first kappa shape index (κ1) is 10.8. The molecule has 1 atom stereocenters. The fraction of sp³-hybridized carbons (Fsp3) is 0.143. The molecule has 17 heavy (non-hydrogen) atoms. The fourth-order valence-corrected chi connectivity index (χ4v) is 2.50. The van der Waals surface area contributed by atoms with Crippen molar-refractivity contribution in [3.63, 3.8) is 0 Å². The summed E-state index contributed by atoms with van der Waals surface area (Å²) >= 11 is 3.42. The molecule has 2 nitrogen and oxygen atoms in total. The van der Waals surface area contributed by atoms with Gasteiger partial charge in [-0.05, 0) is 29.3 Å². The molecule has 1 heterocycles. The second-order valence-corrected chi connectivity index (χ2v) is 4.99. The highest BCUT2D eigenvalue weighted by Crippen LogP contribution is 2.36. The lowest BCUT2D eigenvalue weighted by atomic mass is 9.98. The summed E-state index contributed by atoms with van der Waals surface area (Å²) in [5, 5.41) is 10.4. The number of rotatable bonds is 0. The fourth-order valence-electron chi connectivity index (χ4n) is 2.12. The highest BCUT2D eigenvalue weighted by Gasteiger charge is 2.22. The van der Waals surface area contributed by atoms with E-state index in [1.54, 1.807) is 0 Å². The quantitative estimate of drug-likeness (QED) is 0.806. The number of fused-ring (bicyclic) bond motifs is 2. The van der Waals surface area contributed by atoms with Gasteiger partial charge in [-0.1, -0.05) is 40.2 Å². The van der Waals surface area contributed by atoms with Crippen LogP contribution in [-0.4, -0.2) is 5.11 Å². The summed E-state index contributed by atoms with van der Waals surface area (Å²) in [5.74, 6) is 0.747. The van der Waals surface area contributed by atoms with Crippen LogP contribution >= 0.6 is 15.9 Å². The molecule has 3 heteroatoms. The standard InChI is InChI=1S/C14H11BrO2/c15-10-5-6-13-12(7-10)14(16)11-4-2-1-3-9(11)8-17-13/h1-7,14,16H,8H2/t14-/m0/s1. The van der Waals surface area contributed by atoms with Gasteiger partial charge in [-0.25, -0.2) is 0 Å². The maximum Gasteiger partial charge on any atom is 0.126 e. The van der Waals surface area contributed by atoms with Gasteiger partial charge in [0.2, 0.25) is 0 Å². The van der Waals surface area contributed by atoms with Crippen LogP contribution < -0.4 is 4.74 Å². The summed E-state index contributed by atoms with van der Waals surface area (Å²) in [7, 11) is 0. The Labute approximate surface area is 108 Å². The summed E-state index contributed by atoms with van der Waals surface area (Å²) in [4.78, 5) is 0. The van der Waals surface area contributed by atoms with Crippen LogP contribution in [0.1, 0.15) is 22.8 Å². The van der Waals surface area contributed by atoms with Crippen LogP contribution in [0.15, 0.2) is 46.9 Å². The monoisotopic (exact) mass is 290 g/mol. The van der Waals surface area contributed by atoms with E-state index in [1.807, 2.05) is 42.5 Å². The molecule has 0 unspecified atom stereocenters. The molecular formula is C14H11BrO2. The lowest BCUT2D eigenvalue weighted by Crippen LogP contribution is -2.00. The third-order valence-electron chi connectivity index (χ3n) is 3.00. The minimum atomic E-state index is -0.624. The smallest absolute Gasteiger partial charge is 0.126 e. The van der Waals surface area contributed by atoms with Crippen molar-refractivity contribution in [1.29, 1.82) is 0 Å². The molecule has 2 aromatic rings. The molecule has 3 rings (SSSR count). The molecule has 86 valence electrons. The summed E-state index contributed by atoms with van der Waals surface area (Å²) in [6.07, 6.45) is -0.624. The topological polar surface area (TPSA) is 29.5 Å². The van der Waals surface area contributed by atoms with Crippen molar-refractivity contribution in [2.45, 2.75) is 12.7 Å². The number of ether oxygens (including phenoxy) is 1. The Bertz CT molecular complexity index is 566. The summed E-state index contributed by atoms with van der Waals surface area (Å²) in [6.45, 7) is 0.502. The van der Waals surface area contributed by atoms with E-state index in [0.29, 0.717) is 6.61 Å². The highest BCUT2D eigenvalue weighted by molar-refractivity contribution is 9.10. The van der Waals surface area contributed by atoms with Crippen molar-refractivity contribution in [3.05, 3.63) is 63.6 Å². The predicted octanol–water partition coefficient (Wildman–Crippen LogP) is 3.42. The number of aliphatic hydroxyl groups excluding tert-OH is 1. The van der Waals surface area contributed by atoms with Gasteiger partial charge >= 0.3 is 0 Å². The Hall–Kier alpha value is -1.32. The van der Waals surface area contributed by atoms with E-state index in [1.165, 1.54) is 0 Å². The van der Waals surface area contributed by atoms with Gasteiger partial charge in [0.15, 0.2) is 0 Å². The molecule has 0 fully saturated rings. The van der Waals surface area contributed by atoms with Crippen molar-refractivity contribution < 1.29 is 9.84 Å². The maximum absolute atomic E-state index is 10.4. The van der Waals surface area contributed by atoms with Crippen molar-refractivity contribution in [1.82, 2.24) is 0 Å². The first-order valence-corrected chi connectivity index (χ1v) is 6.23. The Kier molecular flexibility index (Phi) is 2.65. The summed E-state index contributed by atoms with van der Waals surface area (Å²) in [5.41, 5.74) is 2.76. The van der Waals surface area contributed by atoms with E-state index in [0.717, 1.165) is 26.9 Å². The van der Waals surface area contributed by atoms with Crippen LogP contribution in [0.2, 0.25) is 0 Å². The van der Waals surface area contributed by atoms with Gasteiger partial charge in [0.25, 0.3) is 0 Å². The zero-order valence-corrected chi connectivity index (χ0v) is 10.6. The van der Waals surface area contributed by atoms with Crippen molar-refractivity contribution in [2.75, 3.05) is 0 Å². The van der Waals surface area contributed by atoms with Crippen molar-refractivity contribution in [2.24, 2.45) is 0 Å². The minimum absolute atomic E-state index is 0.502. The average Bonchev–Trinajstić information content (AvgIpc) is 2.49. The minimum Gasteiger partial charge on any atom is -0.488 e. The molecule has 0 aromatic heterocycles. The zero-order valence-electron chi connectivity index (χ0n) is 9.06. The Morgan fingerprint density at radius 2 is 1.94 bits per heavy atom. The van der Waals surface area contributed by atoms with Gasteiger partial charge in [-0.3, -0.25) is 0 Å². The van der Waals surface area contributed by atoms with Gasteiger partial charge in [0.1, 0.15) is 18.5 Å². The molecule has 1 aliphatic heterocycles. The average molecular weight is 291 g/mol. The van der Waals surface area contributed by atoms with E-state index in [9.17, 15) is 5.11 Å². The number of hydrogen-bond acceptors (Lipinski definition) is 2. The normalized spacial score (nSPS) is 17.6. The van der Waals surface area contributed by atoms with Gasteiger partial charge in [-0.15, -0.1) is 0 Å². The highest BCUT2D eigenvalue weighted by atomic mass is 79.9. The number of halogens is 1. The van der Waals surface area contributed by atoms with Crippen LogP contribution in [0.3, 0.4) is 0 Å². The first-order valence-electron chi connectivity index (χ1n) is 5.44. The van der Waals surface area contributed by atoms with E-state index in [2.05, 4.69) is 15.9 Å². The van der Waals surface area contributed by atoms with Crippen LogP contribution in [0.4, 0.5) is 0 Å². The van der Waals surface area contributed by atoms with E-state index in [-0.39, 0.29) is 0 Å². The van der Waals surface area contributed by atoms with Crippen LogP contribution in [0, 0.1) is 0 Å². The molecule has 1 N–H and O–H groups in total. The molecule has 0 bridgehead atoms. The second kappa shape index (κ2) is 4.17. The van der Waals surface area contributed by atoms with Gasteiger partial charge in [0, 0.05) is 10.0 Å². The first-order chi connectivity index (χ1) is 8.25. The van der Waals surface area contributed by atoms with Crippen LogP contribution in [0.5, 0.6) is 5.75 Å². The number of hydrogen-bond donors (Lipinski definition) is 1. The Morgan fingerprint density at radius 3 is 2.82 bits per heavy atom. The molecule has 0 radical (unpaired) electrons. The van der Waals surface area contributed by atoms with Gasteiger partial charge < -0.3 is 9.84 Å². The maximum atomic E-state index is 10.4. The van der Waals surface area contributed by atoms with E-state index in [4.69, 9.17) is 4.74 Å². The number of benzene rings is 2. The molecule has 0 amide bonds. The molecule has 0 spiro atoms. The van der Waals surface area contributed by atoms with Crippen LogP contribution in [0.25, 0.3) is 0 Å². The molecular weight excluding hydrogens is 280 g/mol. The lowest BCUT2D eigenvalue weighted by molar-refractivity contribution is 0.218. The molecule has 1 aliphatic rings. The van der Waals surface area contributed by atoms with E-state index < -0.39 is 6.10 Å². The second-order valence-electron chi connectivity index (χ2n) is 4.07. The Balaban J connectivity index is 2.18. The largest absolute Gasteiger partial charge is 0.488 e. The van der Waals surface area contributed by atoms with Crippen LogP contribution in [-0.2, 0) is 6.61 Å². The van der Waals surface area contributed by atoms with E-state index >= 15 is 0 Å². The molecule has 0 aliphatic carbocycles. The van der Waals surface area contributed by atoms with Crippen molar-refractivity contribution >= 4 is 15.9 Å². The molecule has 2 aromatic carbocycles. The molecule has 0 saturated heterocycles. The lowest BCUT2D eigenvalue weighted by Gasteiger charge is -2.12. The summed E-state index contributed by atoms with van der Waals surface area (Å²) < 4.78 is 6.66. The third kappa shape index (κ3) is 1.85. The molecule has 0 saturated carbocycles. The van der Waals surface area contributed by atoms with Gasteiger partial charge in [0.05, 0.1) is 0 Å². The van der Waals surface area contributed by atoms with Gasteiger partial charge in [-0.2, -0.15) is 0 Å². The summed E-state index contributed by atoms with van der Waals surface area (Å²) in [6, 6.07) is 13.5. The Morgan fingerprint density at radius 1 is 1.12 bits per heavy atom. The SMILES string of the molecule is O[C@H]1c2ccccc2COc2ccc(Br)cc21. The third-order valence-corrected chi connectivity index (χ3v) is 3.49. The predicted molar refractivity (Wildman–Crippen MR) is 69.0 cm³/mol. The zero-order chi connectivity index (χ0) is 11.8. The number of aliphatic hydroxyl groups is 1. The van der Waals surface area contributed by atoms with Crippen molar-refractivity contribution in [3.8, 4) is 5.75 Å².